The number of nitrogens with zero attached hydrogens (tertiary/aromatic N) is 2. The molecule has 0 radical (unpaired) electrons. The van der Waals surface area contributed by atoms with Gasteiger partial charge in [0.15, 0.2) is 0 Å². The number of allylic oxidation sites excluding steroid dienone is 5. The molecule has 1 unspecified atom stereocenters. The lowest BCUT2D eigenvalue weighted by molar-refractivity contribution is 0.0381. The first-order chi connectivity index (χ1) is 17.2. The number of carbonyl (C=O) groups excluding carboxylic acids is 1. The first kappa shape index (κ1) is 23.4. The second-order valence-electron chi connectivity index (χ2n) is 8.16. The van der Waals surface area contributed by atoms with E-state index >= 15 is 0 Å². The van der Waals surface area contributed by atoms with Gasteiger partial charge in [0.2, 0.25) is 11.8 Å². The monoisotopic (exact) mass is 503 g/mol. The number of aromatic nitrogens is 1. The minimum absolute atomic E-state index is 0.182. The molecule has 0 spiro atoms. The third kappa shape index (κ3) is 3.75. The van der Waals surface area contributed by atoms with Gasteiger partial charge in [0, 0.05) is 31.9 Å². The summed E-state index contributed by atoms with van der Waals surface area (Å²) in [5, 5.41) is 23.0. The molecule has 182 valence electrons. The summed E-state index contributed by atoms with van der Waals surface area (Å²) in [6.45, 7) is 0. The predicted octanol–water partition coefficient (Wildman–Crippen LogP) is 3.45. The maximum absolute atomic E-state index is 13.7. The molecule has 0 saturated carbocycles. The van der Waals surface area contributed by atoms with E-state index in [0.717, 1.165) is 11.1 Å². The molecular weight excluding hydrogens is 481 g/mol. The summed E-state index contributed by atoms with van der Waals surface area (Å²) < 4.78 is 14.3. The van der Waals surface area contributed by atoms with Crippen molar-refractivity contribution in [2.24, 2.45) is 4.99 Å². The standard InChI is InChI=1S/C26H22N3O6P/c1-27-17-7-9-19-21(13-17)36(33,34)22-14-18(28-2)8-10-20(22)25(19)15-3-5-16(6-4-15)26(32)35-29-23(30)11-12-24(29)31/h3-14,27,30-31H,1-2H3,(H,33,34). The van der Waals surface area contributed by atoms with Crippen molar-refractivity contribution in [3.05, 3.63) is 100 Å². The Morgan fingerprint density at radius 1 is 1.03 bits per heavy atom. The summed E-state index contributed by atoms with van der Waals surface area (Å²) in [5.74, 6) is -1.63. The Hall–Kier alpha value is -4.33. The van der Waals surface area contributed by atoms with Crippen molar-refractivity contribution >= 4 is 35.6 Å². The molecule has 5 rings (SSSR count). The molecule has 36 heavy (non-hydrogen) atoms. The Morgan fingerprint density at radius 3 is 2.36 bits per heavy atom. The first-order valence-electron chi connectivity index (χ1n) is 10.9. The van der Waals surface area contributed by atoms with Crippen molar-refractivity contribution < 1.29 is 29.3 Å². The molecule has 4 N–H and O–H groups in total. The SMILES string of the molecule is CN=C1C=CC2=C(c3ccc(C(=O)On4c(O)ccc4O)cc3)c3ccc(NC)cc3P(=O)(O)C2=C1. The largest absolute Gasteiger partial charge is 0.492 e. The summed E-state index contributed by atoms with van der Waals surface area (Å²) in [5.41, 5.74) is 4.16. The summed E-state index contributed by atoms with van der Waals surface area (Å²) in [7, 11) is -0.556. The Kier molecular flexibility index (Phi) is 5.67. The molecule has 9 nitrogen and oxygen atoms in total. The van der Waals surface area contributed by atoms with Gasteiger partial charge in [0.25, 0.3) is 7.37 Å². The second kappa shape index (κ2) is 8.71. The lowest BCUT2D eigenvalue weighted by atomic mass is 9.89. The topological polar surface area (TPSA) is 133 Å². The van der Waals surface area contributed by atoms with E-state index in [0.29, 0.717) is 37.9 Å². The number of nitrogens with one attached hydrogen (secondary N) is 1. The van der Waals surface area contributed by atoms with E-state index in [1.165, 1.54) is 12.1 Å². The number of carbonyl (C=O) groups is 1. The van der Waals surface area contributed by atoms with Crippen molar-refractivity contribution in [1.82, 2.24) is 4.73 Å². The van der Waals surface area contributed by atoms with Crippen LogP contribution >= 0.6 is 7.37 Å². The molecule has 1 aliphatic heterocycles. The van der Waals surface area contributed by atoms with E-state index in [1.807, 2.05) is 6.07 Å². The van der Waals surface area contributed by atoms with E-state index in [1.54, 1.807) is 68.7 Å². The summed E-state index contributed by atoms with van der Waals surface area (Å²) in [6, 6.07) is 14.2. The molecule has 3 aromatic rings. The van der Waals surface area contributed by atoms with Crippen LogP contribution in [0.2, 0.25) is 0 Å². The van der Waals surface area contributed by atoms with Crippen molar-refractivity contribution in [2.45, 2.75) is 0 Å². The van der Waals surface area contributed by atoms with Crippen LogP contribution in [-0.4, -0.2) is 45.6 Å². The van der Waals surface area contributed by atoms with Crippen LogP contribution in [0.1, 0.15) is 21.5 Å². The number of anilines is 1. The Morgan fingerprint density at radius 2 is 1.72 bits per heavy atom. The fourth-order valence-corrected chi connectivity index (χ4v) is 6.17. The van der Waals surface area contributed by atoms with E-state index in [2.05, 4.69) is 10.3 Å². The van der Waals surface area contributed by atoms with E-state index in [4.69, 9.17) is 4.84 Å². The van der Waals surface area contributed by atoms with Crippen LogP contribution < -0.4 is 15.5 Å². The van der Waals surface area contributed by atoms with Gasteiger partial charge >= 0.3 is 5.97 Å². The van der Waals surface area contributed by atoms with Crippen molar-refractivity contribution in [3.63, 3.8) is 0 Å². The normalized spacial score (nSPS) is 19.5. The minimum atomic E-state index is -3.92. The van der Waals surface area contributed by atoms with E-state index in [-0.39, 0.29) is 5.56 Å². The van der Waals surface area contributed by atoms with E-state index < -0.39 is 25.1 Å². The van der Waals surface area contributed by atoms with Gasteiger partial charge in [-0.15, -0.1) is 4.73 Å². The molecule has 0 fully saturated rings. The Bertz CT molecular complexity index is 1560. The molecule has 0 bridgehead atoms. The minimum Gasteiger partial charge on any atom is -0.492 e. The molecule has 2 aromatic carbocycles. The van der Waals surface area contributed by atoms with Gasteiger partial charge in [-0.3, -0.25) is 9.56 Å². The number of rotatable bonds is 4. The number of aliphatic imine (C=N–C) groups is 1. The van der Waals surface area contributed by atoms with Crippen LogP contribution in [0.25, 0.3) is 5.57 Å². The number of hydrogen-bond donors (Lipinski definition) is 4. The molecule has 1 aromatic heterocycles. The van der Waals surface area contributed by atoms with Gasteiger partial charge in [-0.05, 0) is 58.7 Å². The first-order valence-corrected chi connectivity index (χ1v) is 12.6. The summed E-state index contributed by atoms with van der Waals surface area (Å²) >= 11 is 0. The van der Waals surface area contributed by atoms with E-state index in [9.17, 15) is 24.5 Å². The number of aromatic hydroxyl groups is 2. The molecule has 1 aliphatic carbocycles. The van der Waals surface area contributed by atoms with Crippen LogP contribution in [0, 0.1) is 0 Å². The highest BCUT2D eigenvalue weighted by atomic mass is 31.2. The van der Waals surface area contributed by atoms with Gasteiger partial charge in [0.1, 0.15) is 0 Å². The molecule has 0 amide bonds. The van der Waals surface area contributed by atoms with Crippen LogP contribution in [0.15, 0.2) is 88.7 Å². The fourth-order valence-electron chi connectivity index (χ4n) is 4.26. The molecule has 0 saturated heterocycles. The van der Waals surface area contributed by atoms with Crippen LogP contribution in [0.5, 0.6) is 11.8 Å². The molecule has 2 heterocycles. The molecule has 1 atom stereocenters. The van der Waals surface area contributed by atoms with Gasteiger partial charge in [-0.2, -0.15) is 0 Å². The quantitative estimate of drug-likeness (QED) is 0.401. The third-order valence-electron chi connectivity index (χ3n) is 6.10. The molecule has 10 heteroatoms. The zero-order chi connectivity index (χ0) is 25.6. The van der Waals surface area contributed by atoms with Gasteiger partial charge in [-0.1, -0.05) is 24.3 Å². The number of benzene rings is 2. The Labute approximate surface area is 206 Å². The highest BCUT2D eigenvalue weighted by Crippen LogP contribution is 2.59. The number of hydrogen-bond acceptors (Lipinski definition) is 7. The van der Waals surface area contributed by atoms with Crippen molar-refractivity contribution in [2.75, 3.05) is 19.4 Å². The fraction of sp³-hybridized carbons (Fsp3) is 0.0769. The molecular formula is C26H22N3O6P. The second-order valence-corrected chi connectivity index (χ2v) is 10.3. The maximum atomic E-state index is 13.7. The lowest BCUT2D eigenvalue weighted by Crippen LogP contribution is -2.21. The van der Waals surface area contributed by atoms with Crippen LogP contribution in [0.4, 0.5) is 5.69 Å². The zero-order valence-corrected chi connectivity index (χ0v) is 20.2. The van der Waals surface area contributed by atoms with Crippen LogP contribution in [-0.2, 0) is 4.57 Å². The van der Waals surface area contributed by atoms with Gasteiger partial charge < -0.3 is 25.3 Å². The maximum Gasteiger partial charge on any atom is 0.363 e. The van der Waals surface area contributed by atoms with Crippen molar-refractivity contribution in [1.29, 1.82) is 0 Å². The van der Waals surface area contributed by atoms with Gasteiger partial charge in [0.05, 0.1) is 21.9 Å². The smallest absolute Gasteiger partial charge is 0.363 e. The van der Waals surface area contributed by atoms with Gasteiger partial charge in [-0.25, -0.2) is 4.79 Å². The number of fused-ring (bicyclic) bond motifs is 2. The predicted molar refractivity (Wildman–Crippen MR) is 137 cm³/mol. The average Bonchev–Trinajstić information content (AvgIpc) is 3.21. The highest BCUT2D eigenvalue weighted by molar-refractivity contribution is 7.71. The lowest BCUT2D eigenvalue weighted by Gasteiger charge is -2.30. The highest BCUT2D eigenvalue weighted by Gasteiger charge is 2.39. The van der Waals surface area contributed by atoms with Crippen molar-refractivity contribution in [3.8, 4) is 11.8 Å². The zero-order valence-electron chi connectivity index (χ0n) is 19.3. The third-order valence-corrected chi connectivity index (χ3v) is 8.14. The summed E-state index contributed by atoms with van der Waals surface area (Å²) in [4.78, 5) is 33.0. The molecule has 2 aliphatic rings. The Balaban J connectivity index is 1.61. The average molecular weight is 503 g/mol. The van der Waals surface area contributed by atoms with Crippen LogP contribution in [0.3, 0.4) is 0 Å². The summed E-state index contributed by atoms with van der Waals surface area (Å²) in [6.07, 6.45) is 5.20.